The molecule has 19 heavy (non-hydrogen) atoms. The van der Waals surface area contributed by atoms with Gasteiger partial charge in [-0.1, -0.05) is 13.8 Å². The van der Waals surface area contributed by atoms with Gasteiger partial charge in [0.1, 0.15) is 0 Å². The van der Waals surface area contributed by atoms with Crippen molar-refractivity contribution >= 4 is 11.6 Å². The first-order valence-corrected chi connectivity index (χ1v) is 5.99. The number of nitrogens with zero attached hydrogens (tertiary/aromatic N) is 1. The highest BCUT2D eigenvalue weighted by Gasteiger charge is 2.25. The fraction of sp³-hybridized carbons (Fsp3) is 0.462. The maximum absolute atomic E-state index is 11.8. The summed E-state index contributed by atoms with van der Waals surface area (Å²) >= 11 is 0. The molecule has 1 aromatic carbocycles. The Morgan fingerprint density at radius 2 is 1.95 bits per heavy atom. The van der Waals surface area contributed by atoms with Crippen LogP contribution in [0.4, 0.5) is 5.69 Å². The van der Waals surface area contributed by atoms with Gasteiger partial charge in [-0.15, -0.1) is 0 Å². The minimum absolute atomic E-state index is 0.00432. The van der Waals surface area contributed by atoms with Crippen molar-refractivity contribution in [1.82, 2.24) is 5.32 Å². The number of hydrogen-bond donors (Lipinski definition) is 2. The van der Waals surface area contributed by atoms with E-state index < -0.39 is 10.5 Å². The number of carbonyl (C=O) groups excluding carboxylic acids is 1. The normalized spacial score (nSPS) is 13.9. The third-order valence-corrected chi connectivity index (χ3v) is 3.19. The van der Waals surface area contributed by atoms with Gasteiger partial charge in [0.25, 0.3) is 11.6 Å². The second-order valence-corrected chi connectivity index (χ2v) is 5.00. The number of hydrogen-bond acceptors (Lipinski definition) is 4. The predicted molar refractivity (Wildman–Crippen MR) is 70.9 cm³/mol. The first-order chi connectivity index (χ1) is 8.74. The van der Waals surface area contributed by atoms with E-state index in [4.69, 9.17) is 0 Å². The van der Waals surface area contributed by atoms with Crippen LogP contribution in [0.5, 0.6) is 0 Å². The van der Waals surface area contributed by atoms with Crippen molar-refractivity contribution in [2.24, 2.45) is 5.92 Å². The second kappa shape index (κ2) is 5.79. The molecule has 6 heteroatoms. The van der Waals surface area contributed by atoms with Gasteiger partial charge in [0.05, 0.1) is 10.5 Å². The molecule has 0 aromatic heterocycles. The number of amides is 1. The summed E-state index contributed by atoms with van der Waals surface area (Å²) in [6.45, 7) is 5.49. The van der Waals surface area contributed by atoms with Crippen molar-refractivity contribution in [2.45, 2.75) is 26.4 Å². The van der Waals surface area contributed by atoms with E-state index in [9.17, 15) is 20.0 Å². The zero-order valence-electron chi connectivity index (χ0n) is 11.2. The molecule has 1 atom stereocenters. The first kappa shape index (κ1) is 15.1. The fourth-order valence-corrected chi connectivity index (χ4v) is 1.30. The number of rotatable bonds is 5. The van der Waals surface area contributed by atoms with E-state index in [2.05, 4.69) is 5.32 Å². The minimum atomic E-state index is -0.990. The van der Waals surface area contributed by atoms with Crippen molar-refractivity contribution in [1.29, 1.82) is 0 Å². The van der Waals surface area contributed by atoms with Crippen LogP contribution in [0.15, 0.2) is 24.3 Å². The molecule has 2 N–H and O–H groups in total. The topological polar surface area (TPSA) is 92.5 Å². The van der Waals surface area contributed by atoms with Gasteiger partial charge in [-0.25, -0.2) is 0 Å². The van der Waals surface area contributed by atoms with Crippen LogP contribution in [0.3, 0.4) is 0 Å². The Bertz CT molecular complexity index is 466. The van der Waals surface area contributed by atoms with E-state index in [0.717, 1.165) is 0 Å². The summed E-state index contributed by atoms with van der Waals surface area (Å²) in [6, 6.07) is 5.32. The van der Waals surface area contributed by atoms with Gasteiger partial charge in [-0.05, 0) is 25.0 Å². The van der Waals surface area contributed by atoms with Crippen molar-refractivity contribution < 1.29 is 14.8 Å². The number of carbonyl (C=O) groups is 1. The molecule has 1 amide bonds. The van der Waals surface area contributed by atoms with Crippen LogP contribution in [-0.4, -0.2) is 28.1 Å². The molecule has 104 valence electrons. The molecule has 0 aliphatic rings. The summed E-state index contributed by atoms with van der Waals surface area (Å²) in [7, 11) is 0. The van der Waals surface area contributed by atoms with Crippen LogP contribution in [-0.2, 0) is 0 Å². The van der Waals surface area contributed by atoms with Crippen LogP contribution in [0.25, 0.3) is 0 Å². The molecule has 0 fully saturated rings. The lowest BCUT2D eigenvalue weighted by atomic mass is 9.92. The van der Waals surface area contributed by atoms with Gasteiger partial charge in [-0.3, -0.25) is 14.9 Å². The van der Waals surface area contributed by atoms with Crippen molar-refractivity contribution in [2.75, 3.05) is 6.54 Å². The lowest BCUT2D eigenvalue weighted by molar-refractivity contribution is -0.384. The average molecular weight is 266 g/mol. The first-order valence-electron chi connectivity index (χ1n) is 5.99. The average Bonchev–Trinajstić information content (AvgIpc) is 2.36. The van der Waals surface area contributed by atoms with Gasteiger partial charge in [0.2, 0.25) is 0 Å². The number of nitrogens with one attached hydrogen (secondary N) is 1. The highest BCUT2D eigenvalue weighted by molar-refractivity contribution is 5.94. The summed E-state index contributed by atoms with van der Waals surface area (Å²) in [6.07, 6.45) is 0. The molecular weight excluding hydrogens is 248 g/mol. The van der Waals surface area contributed by atoms with Gasteiger partial charge in [0, 0.05) is 24.2 Å². The summed E-state index contributed by atoms with van der Waals surface area (Å²) in [4.78, 5) is 21.8. The predicted octanol–water partition coefficient (Wildman–Crippen LogP) is 1.73. The molecule has 0 aliphatic heterocycles. The molecule has 0 radical (unpaired) electrons. The van der Waals surface area contributed by atoms with E-state index in [1.54, 1.807) is 6.92 Å². The molecule has 0 bridgehead atoms. The van der Waals surface area contributed by atoms with E-state index in [1.165, 1.54) is 24.3 Å². The van der Waals surface area contributed by atoms with Crippen molar-refractivity contribution in [3.05, 3.63) is 39.9 Å². The summed E-state index contributed by atoms with van der Waals surface area (Å²) in [5, 5.41) is 23.1. The quantitative estimate of drug-likeness (QED) is 0.627. The second-order valence-electron chi connectivity index (χ2n) is 5.00. The lowest BCUT2D eigenvalue weighted by Gasteiger charge is -2.27. The highest BCUT2D eigenvalue weighted by atomic mass is 16.6. The maximum atomic E-state index is 11.8. The third-order valence-electron chi connectivity index (χ3n) is 3.19. The van der Waals surface area contributed by atoms with Gasteiger partial charge in [0.15, 0.2) is 0 Å². The van der Waals surface area contributed by atoms with Crippen LogP contribution in [0.2, 0.25) is 0 Å². The Labute approximate surface area is 111 Å². The molecular formula is C13H18N2O4. The molecule has 0 heterocycles. The molecule has 0 spiro atoms. The van der Waals surface area contributed by atoms with Crippen LogP contribution < -0.4 is 5.32 Å². The zero-order valence-corrected chi connectivity index (χ0v) is 11.2. The van der Waals surface area contributed by atoms with Gasteiger partial charge < -0.3 is 10.4 Å². The zero-order chi connectivity index (χ0) is 14.6. The standard InChI is InChI=1S/C13H18N2O4/c1-9(2)13(3,17)8-14-12(16)10-4-6-11(7-5-10)15(18)19/h4-7,9,17H,8H2,1-3H3,(H,14,16). The van der Waals surface area contributed by atoms with E-state index in [0.29, 0.717) is 5.56 Å². The largest absolute Gasteiger partial charge is 0.388 e. The SMILES string of the molecule is CC(C)C(C)(O)CNC(=O)c1ccc([N+](=O)[O-])cc1. The summed E-state index contributed by atoms with van der Waals surface area (Å²) in [5.41, 5.74) is -0.730. The van der Waals surface area contributed by atoms with Crippen LogP contribution >= 0.6 is 0 Å². The number of aliphatic hydroxyl groups is 1. The molecule has 1 unspecified atom stereocenters. The Hall–Kier alpha value is -1.95. The monoisotopic (exact) mass is 266 g/mol. The maximum Gasteiger partial charge on any atom is 0.269 e. The Balaban J connectivity index is 2.66. The Kier molecular flexibility index (Phi) is 4.61. The highest BCUT2D eigenvalue weighted by Crippen LogP contribution is 2.15. The summed E-state index contributed by atoms with van der Waals surface area (Å²) in [5.74, 6) is -0.361. The molecule has 0 aliphatic carbocycles. The van der Waals surface area contributed by atoms with Crippen LogP contribution in [0, 0.1) is 16.0 Å². The lowest BCUT2D eigenvalue weighted by Crippen LogP contribution is -2.44. The molecule has 0 saturated carbocycles. The molecule has 0 saturated heterocycles. The molecule has 6 nitrogen and oxygen atoms in total. The smallest absolute Gasteiger partial charge is 0.269 e. The van der Waals surface area contributed by atoms with E-state index >= 15 is 0 Å². The third kappa shape index (κ3) is 4.03. The van der Waals surface area contributed by atoms with Gasteiger partial charge >= 0.3 is 0 Å². The van der Waals surface area contributed by atoms with Crippen molar-refractivity contribution in [3.8, 4) is 0 Å². The number of benzene rings is 1. The minimum Gasteiger partial charge on any atom is -0.388 e. The van der Waals surface area contributed by atoms with Gasteiger partial charge in [-0.2, -0.15) is 0 Å². The van der Waals surface area contributed by atoms with E-state index in [1.807, 2.05) is 13.8 Å². The molecule has 1 aromatic rings. The fourth-order valence-electron chi connectivity index (χ4n) is 1.30. The number of nitro groups is 1. The molecule has 1 rings (SSSR count). The van der Waals surface area contributed by atoms with Crippen molar-refractivity contribution in [3.63, 3.8) is 0 Å². The number of non-ortho nitro benzene ring substituents is 1. The van der Waals surface area contributed by atoms with E-state index in [-0.39, 0.29) is 24.1 Å². The van der Waals surface area contributed by atoms with Crippen LogP contribution in [0.1, 0.15) is 31.1 Å². The Morgan fingerprint density at radius 1 is 1.42 bits per heavy atom. The Morgan fingerprint density at radius 3 is 2.37 bits per heavy atom. The summed E-state index contributed by atoms with van der Waals surface area (Å²) < 4.78 is 0. The number of nitro benzene ring substituents is 1.